The van der Waals surface area contributed by atoms with Crippen LogP contribution < -0.4 is 4.74 Å². The fraction of sp³-hybridized carbons (Fsp3) is 0.476. The molecule has 1 aromatic carbocycles. The number of carbonyl (C=O) groups is 3. The SMILES string of the molecule is O=Cc1ccc(OCCCCCN2C(=O)[C@@H]3[C@H](C2=O)[C@H]2C=C[C@@H]3C2)cc1. The summed E-state index contributed by atoms with van der Waals surface area (Å²) in [6.07, 6.45) is 8.62. The van der Waals surface area contributed by atoms with Gasteiger partial charge in [0.25, 0.3) is 0 Å². The van der Waals surface area contributed by atoms with Crippen LogP contribution in [0.15, 0.2) is 36.4 Å². The lowest BCUT2D eigenvalue weighted by Gasteiger charge is -2.17. The van der Waals surface area contributed by atoms with Crippen molar-refractivity contribution in [2.75, 3.05) is 13.2 Å². The maximum atomic E-state index is 12.6. The number of aldehydes is 1. The molecule has 0 radical (unpaired) electrons. The summed E-state index contributed by atoms with van der Waals surface area (Å²) in [7, 11) is 0. The summed E-state index contributed by atoms with van der Waals surface area (Å²) in [4.78, 5) is 37.2. The molecule has 0 unspecified atom stereocenters. The predicted molar refractivity (Wildman–Crippen MR) is 95.6 cm³/mol. The highest BCUT2D eigenvalue weighted by atomic mass is 16.5. The number of amides is 2. The maximum absolute atomic E-state index is 12.6. The zero-order chi connectivity index (χ0) is 18.1. The average Bonchev–Trinajstić information content (AvgIpc) is 3.34. The van der Waals surface area contributed by atoms with E-state index in [0.29, 0.717) is 18.7 Å². The molecule has 0 N–H and O–H groups in total. The molecule has 136 valence electrons. The van der Waals surface area contributed by atoms with Crippen LogP contribution in [0.4, 0.5) is 0 Å². The monoisotopic (exact) mass is 353 g/mol. The van der Waals surface area contributed by atoms with Gasteiger partial charge in [0.1, 0.15) is 12.0 Å². The number of benzene rings is 1. The molecule has 1 aromatic rings. The number of nitrogens with zero attached hydrogens (tertiary/aromatic N) is 1. The van der Waals surface area contributed by atoms with E-state index in [-0.39, 0.29) is 35.5 Å². The Kier molecular flexibility index (Phi) is 4.62. The Bertz CT molecular complexity index is 709. The Labute approximate surface area is 153 Å². The molecule has 4 rings (SSSR count). The minimum Gasteiger partial charge on any atom is -0.494 e. The van der Waals surface area contributed by atoms with Gasteiger partial charge in [-0.05, 0) is 61.8 Å². The molecule has 1 heterocycles. The zero-order valence-electron chi connectivity index (χ0n) is 14.7. The van der Waals surface area contributed by atoms with Gasteiger partial charge in [0, 0.05) is 12.1 Å². The number of likely N-dealkylation sites (tertiary alicyclic amines) is 1. The molecule has 4 atom stereocenters. The lowest BCUT2D eigenvalue weighted by atomic mass is 9.85. The van der Waals surface area contributed by atoms with Crippen LogP contribution in [0.3, 0.4) is 0 Å². The number of unbranched alkanes of at least 4 members (excludes halogenated alkanes) is 2. The minimum atomic E-state index is -0.0878. The van der Waals surface area contributed by atoms with Gasteiger partial charge in [-0.2, -0.15) is 0 Å². The van der Waals surface area contributed by atoms with E-state index < -0.39 is 0 Å². The molecular weight excluding hydrogens is 330 g/mol. The fourth-order valence-corrected chi connectivity index (χ4v) is 4.57. The van der Waals surface area contributed by atoms with Gasteiger partial charge < -0.3 is 4.74 Å². The first-order chi connectivity index (χ1) is 12.7. The van der Waals surface area contributed by atoms with Crippen molar-refractivity contribution in [2.45, 2.75) is 25.7 Å². The molecule has 26 heavy (non-hydrogen) atoms. The summed E-state index contributed by atoms with van der Waals surface area (Å²) in [6.45, 7) is 1.11. The number of hydrogen-bond donors (Lipinski definition) is 0. The first-order valence-electron chi connectivity index (χ1n) is 9.40. The van der Waals surface area contributed by atoms with Gasteiger partial charge in [-0.1, -0.05) is 12.2 Å². The molecule has 5 heteroatoms. The van der Waals surface area contributed by atoms with Gasteiger partial charge in [-0.3, -0.25) is 19.3 Å². The third-order valence-electron chi connectivity index (χ3n) is 5.87. The number of rotatable bonds is 8. The lowest BCUT2D eigenvalue weighted by Crippen LogP contribution is -2.33. The van der Waals surface area contributed by atoms with Gasteiger partial charge in [0.15, 0.2) is 0 Å². The molecule has 1 saturated carbocycles. The molecule has 3 aliphatic rings. The summed E-state index contributed by atoms with van der Waals surface area (Å²) < 4.78 is 5.65. The summed E-state index contributed by atoms with van der Waals surface area (Å²) in [5, 5.41) is 0. The smallest absolute Gasteiger partial charge is 0.233 e. The van der Waals surface area contributed by atoms with Gasteiger partial charge in [-0.15, -0.1) is 0 Å². The van der Waals surface area contributed by atoms with Crippen molar-refractivity contribution >= 4 is 18.1 Å². The third kappa shape index (κ3) is 2.96. The van der Waals surface area contributed by atoms with E-state index in [1.807, 2.05) is 0 Å². The Hall–Kier alpha value is -2.43. The average molecular weight is 353 g/mol. The second-order valence-electron chi connectivity index (χ2n) is 7.42. The fourth-order valence-electron chi connectivity index (χ4n) is 4.57. The quantitative estimate of drug-likeness (QED) is 0.312. The van der Waals surface area contributed by atoms with E-state index in [9.17, 15) is 14.4 Å². The van der Waals surface area contributed by atoms with Crippen LogP contribution in [0.5, 0.6) is 5.75 Å². The van der Waals surface area contributed by atoms with Gasteiger partial charge in [-0.25, -0.2) is 0 Å². The Morgan fingerprint density at radius 3 is 2.23 bits per heavy atom. The minimum absolute atomic E-state index is 0.0448. The molecule has 1 saturated heterocycles. The highest BCUT2D eigenvalue weighted by molar-refractivity contribution is 6.06. The van der Waals surface area contributed by atoms with Crippen LogP contribution in [-0.2, 0) is 9.59 Å². The second-order valence-corrected chi connectivity index (χ2v) is 7.42. The van der Waals surface area contributed by atoms with Crippen LogP contribution in [0.25, 0.3) is 0 Å². The van der Waals surface area contributed by atoms with Crippen molar-refractivity contribution in [1.29, 1.82) is 0 Å². The van der Waals surface area contributed by atoms with Gasteiger partial charge in [0.2, 0.25) is 11.8 Å². The molecule has 0 aromatic heterocycles. The van der Waals surface area contributed by atoms with Crippen LogP contribution in [-0.4, -0.2) is 36.2 Å². The van der Waals surface area contributed by atoms with Crippen LogP contribution in [0.1, 0.15) is 36.0 Å². The molecule has 1 aliphatic heterocycles. The van der Waals surface area contributed by atoms with Gasteiger partial charge in [0.05, 0.1) is 18.4 Å². The first kappa shape index (κ1) is 17.0. The normalized spacial score (nSPS) is 28.7. The van der Waals surface area contributed by atoms with Crippen molar-refractivity contribution < 1.29 is 19.1 Å². The van der Waals surface area contributed by atoms with E-state index >= 15 is 0 Å². The largest absolute Gasteiger partial charge is 0.494 e. The Morgan fingerprint density at radius 2 is 1.62 bits per heavy atom. The summed E-state index contributed by atoms with van der Waals surface area (Å²) in [5.41, 5.74) is 0.630. The topological polar surface area (TPSA) is 63.7 Å². The van der Waals surface area contributed by atoms with E-state index in [1.165, 1.54) is 4.90 Å². The van der Waals surface area contributed by atoms with Gasteiger partial charge >= 0.3 is 0 Å². The highest BCUT2D eigenvalue weighted by Crippen LogP contribution is 2.52. The summed E-state index contributed by atoms with van der Waals surface area (Å²) in [5.74, 6) is 1.23. The standard InChI is InChI=1S/C21H23NO4/c23-13-14-4-8-17(9-5-14)26-11-3-1-2-10-22-20(24)18-15-6-7-16(12-15)19(18)21(22)25/h4-9,13,15-16,18-19H,1-3,10-12H2/t15-,16+,18+,19-. The molecule has 2 fully saturated rings. The van der Waals surface area contributed by atoms with Crippen LogP contribution in [0, 0.1) is 23.7 Å². The second kappa shape index (κ2) is 7.06. The number of allylic oxidation sites excluding steroid dienone is 2. The number of imide groups is 1. The van der Waals surface area contributed by atoms with Crippen molar-refractivity contribution in [1.82, 2.24) is 4.90 Å². The van der Waals surface area contributed by atoms with Crippen molar-refractivity contribution in [3.8, 4) is 5.75 Å². The molecular formula is C21H23NO4. The predicted octanol–water partition coefficient (Wildman–Crippen LogP) is 2.86. The van der Waals surface area contributed by atoms with E-state index in [0.717, 1.165) is 37.7 Å². The molecule has 2 amide bonds. The van der Waals surface area contributed by atoms with Crippen LogP contribution in [0.2, 0.25) is 0 Å². The van der Waals surface area contributed by atoms with Crippen molar-refractivity contribution in [2.24, 2.45) is 23.7 Å². The first-order valence-corrected chi connectivity index (χ1v) is 9.40. The third-order valence-corrected chi connectivity index (χ3v) is 5.87. The van der Waals surface area contributed by atoms with E-state index in [1.54, 1.807) is 24.3 Å². The molecule has 2 aliphatic carbocycles. The zero-order valence-corrected chi connectivity index (χ0v) is 14.7. The van der Waals surface area contributed by atoms with Crippen molar-refractivity contribution in [3.05, 3.63) is 42.0 Å². The lowest BCUT2D eigenvalue weighted by molar-refractivity contribution is -0.140. The highest BCUT2D eigenvalue weighted by Gasteiger charge is 2.58. The number of hydrogen-bond acceptors (Lipinski definition) is 4. The number of fused-ring (bicyclic) bond motifs is 5. The van der Waals surface area contributed by atoms with Crippen LogP contribution >= 0.6 is 0 Å². The summed E-state index contributed by atoms with van der Waals surface area (Å²) in [6, 6.07) is 7.02. The molecule has 0 spiro atoms. The number of ether oxygens (including phenoxy) is 1. The molecule has 5 nitrogen and oxygen atoms in total. The van der Waals surface area contributed by atoms with E-state index in [2.05, 4.69) is 12.2 Å². The van der Waals surface area contributed by atoms with Crippen molar-refractivity contribution in [3.63, 3.8) is 0 Å². The summed E-state index contributed by atoms with van der Waals surface area (Å²) >= 11 is 0. The Morgan fingerprint density at radius 1 is 0.962 bits per heavy atom. The van der Waals surface area contributed by atoms with E-state index in [4.69, 9.17) is 4.74 Å². The Balaban J connectivity index is 1.18. The number of carbonyl (C=O) groups excluding carboxylic acids is 3. The molecule has 2 bridgehead atoms. The maximum Gasteiger partial charge on any atom is 0.233 e.